The molecule has 0 saturated heterocycles. The van der Waals surface area contributed by atoms with E-state index in [4.69, 9.17) is 0 Å². The van der Waals surface area contributed by atoms with Crippen LogP contribution in [-0.4, -0.2) is 0 Å². The van der Waals surface area contributed by atoms with Crippen LogP contribution in [0.4, 0.5) is 0 Å². The Hall–Kier alpha value is -1.08. The lowest BCUT2D eigenvalue weighted by Gasteiger charge is -2.11. The van der Waals surface area contributed by atoms with Gasteiger partial charge in [0.15, 0.2) is 0 Å². The number of benzene rings is 2. The molecule has 0 aromatic heterocycles. The second-order valence-corrected chi connectivity index (χ2v) is 6.94. The van der Waals surface area contributed by atoms with Gasteiger partial charge in [0.1, 0.15) is 0 Å². The van der Waals surface area contributed by atoms with E-state index in [2.05, 4.69) is 77.5 Å². The van der Waals surface area contributed by atoms with Crippen LogP contribution in [0.3, 0.4) is 0 Å². The van der Waals surface area contributed by atoms with Crippen molar-refractivity contribution in [3.05, 3.63) is 70.2 Å². The Labute approximate surface area is 137 Å². The van der Waals surface area contributed by atoms with Crippen molar-refractivity contribution in [2.24, 2.45) is 5.92 Å². The van der Waals surface area contributed by atoms with Crippen molar-refractivity contribution in [2.45, 2.75) is 45.4 Å². The zero-order valence-electron chi connectivity index (χ0n) is 12.9. The molecule has 1 heteroatoms. The van der Waals surface area contributed by atoms with E-state index in [9.17, 15) is 0 Å². The van der Waals surface area contributed by atoms with E-state index in [1.54, 1.807) is 0 Å². The summed E-state index contributed by atoms with van der Waals surface area (Å²) >= 11 is 3.49. The fourth-order valence-electron chi connectivity index (χ4n) is 2.77. The molecule has 0 nitrogen and oxygen atoms in total. The smallest absolute Gasteiger partial charge is 0.0175 e. The van der Waals surface area contributed by atoms with Crippen molar-refractivity contribution in [3.63, 3.8) is 0 Å². The summed E-state index contributed by atoms with van der Waals surface area (Å²) in [5, 5.41) is 0. The predicted octanol–water partition coefficient (Wildman–Crippen LogP) is 6.43. The largest absolute Gasteiger partial charge is 0.0622 e. The van der Waals surface area contributed by atoms with Crippen LogP contribution < -0.4 is 0 Å². The van der Waals surface area contributed by atoms with Gasteiger partial charge < -0.3 is 0 Å². The maximum absolute atomic E-state index is 3.49. The van der Waals surface area contributed by atoms with E-state index in [1.807, 2.05) is 0 Å². The van der Waals surface area contributed by atoms with Gasteiger partial charge in [0.25, 0.3) is 0 Å². The predicted molar refractivity (Wildman–Crippen MR) is 95.6 cm³/mol. The molecule has 0 saturated carbocycles. The number of aryl methyl sites for hydroxylation is 1. The number of hydrogen-bond acceptors (Lipinski definition) is 0. The Kier molecular flexibility index (Phi) is 7.02. The third-order valence-electron chi connectivity index (χ3n) is 4.00. The minimum Gasteiger partial charge on any atom is -0.0622 e. The van der Waals surface area contributed by atoms with Gasteiger partial charge in [0, 0.05) is 4.47 Å². The van der Waals surface area contributed by atoms with Crippen molar-refractivity contribution in [1.82, 2.24) is 0 Å². The number of hydrogen-bond donors (Lipinski definition) is 0. The standard InChI is InChI=1S/C20H25Br/c1-17(16-19-12-14-20(21)15-13-19)8-4-2-5-9-18-10-6-3-7-11-18/h3,6-7,10-15,17H,2,4-5,8-9,16H2,1H3. The van der Waals surface area contributed by atoms with Crippen LogP contribution in [0.5, 0.6) is 0 Å². The number of rotatable bonds is 8. The highest BCUT2D eigenvalue weighted by Gasteiger charge is 2.04. The Morgan fingerprint density at radius 2 is 1.52 bits per heavy atom. The van der Waals surface area contributed by atoms with E-state index in [1.165, 1.54) is 54.1 Å². The molecule has 0 aliphatic heterocycles. The molecule has 2 aromatic carbocycles. The molecule has 0 N–H and O–H groups in total. The zero-order chi connectivity index (χ0) is 14.9. The average molecular weight is 345 g/mol. The molecule has 0 spiro atoms. The highest BCUT2D eigenvalue weighted by molar-refractivity contribution is 9.10. The third-order valence-corrected chi connectivity index (χ3v) is 4.53. The van der Waals surface area contributed by atoms with Crippen LogP contribution in [0.25, 0.3) is 0 Å². The van der Waals surface area contributed by atoms with Crippen molar-refractivity contribution in [1.29, 1.82) is 0 Å². The first-order chi connectivity index (χ1) is 10.2. The quantitative estimate of drug-likeness (QED) is 0.484. The van der Waals surface area contributed by atoms with Crippen molar-refractivity contribution < 1.29 is 0 Å². The fourth-order valence-corrected chi connectivity index (χ4v) is 3.03. The zero-order valence-corrected chi connectivity index (χ0v) is 14.5. The summed E-state index contributed by atoms with van der Waals surface area (Å²) in [5.41, 5.74) is 2.93. The molecule has 2 rings (SSSR count). The summed E-state index contributed by atoms with van der Waals surface area (Å²) in [5.74, 6) is 0.780. The van der Waals surface area contributed by atoms with Crippen LogP contribution in [0.2, 0.25) is 0 Å². The van der Waals surface area contributed by atoms with E-state index < -0.39 is 0 Å². The average Bonchev–Trinajstić information content (AvgIpc) is 2.50. The molecule has 21 heavy (non-hydrogen) atoms. The van der Waals surface area contributed by atoms with E-state index in [0.29, 0.717) is 0 Å². The summed E-state index contributed by atoms with van der Waals surface area (Å²) in [6, 6.07) is 19.6. The fraction of sp³-hybridized carbons (Fsp3) is 0.400. The molecule has 112 valence electrons. The van der Waals surface area contributed by atoms with Gasteiger partial charge in [0.05, 0.1) is 0 Å². The van der Waals surface area contributed by atoms with Gasteiger partial charge in [-0.2, -0.15) is 0 Å². The SMILES string of the molecule is CC(CCCCCc1ccccc1)Cc1ccc(Br)cc1. The molecule has 0 aliphatic rings. The maximum atomic E-state index is 3.49. The molecule has 0 fully saturated rings. The lowest BCUT2D eigenvalue weighted by atomic mass is 9.95. The summed E-state index contributed by atoms with van der Waals surface area (Å²) in [6.45, 7) is 2.37. The molecule has 2 aromatic rings. The van der Waals surface area contributed by atoms with Gasteiger partial charge >= 0.3 is 0 Å². The molecular weight excluding hydrogens is 320 g/mol. The van der Waals surface area contributed by atoms with E-state index in [-0.39, 0.29) is 0 Å². The molecular formula is C20H25Br. The normalized spacial score (nSPS) is 12.3. The minimum atomic E-state index is 0.780. The van der Waals surface area contributed by atoms with Gasteiger partial charge in [-0.3, -0.25) is 0 Å². The minimum absolute atomic E-state index is 0.780. The highest BCUT2D eigenvalue weighted by Crippen LogP contribution is 2.18. The summed E-state index contributed by atoms with van der Waals surface area (Å²) in [7, 11) is 0. The summed E-state index contributed by atoms with van der Waals surface area (Å²) in [6.07, 6.45) is 7.78. The van der Waals surface area contributed by atoms with Gasteiger partial charge in [-0.05, 0) is 48.4 Å². The molecule has 0 amide bonds. The van der Waals surface area contributed by atoms with Crippen LogP contribution >= 0.6 is 15.9 Å². The van der Waals surface area contributed by atoms with Crippen molar-refractivity contribution in [2.75, 3.05) is 0 Å². The van der Waals surface area contributed by atoms with Crippen LogP contribution in [0.15, 0.2) is 59.1 Å². The van der Waals surface area contributed by atoms with Crippen molar-refractivity contribution in [3.8, 4) is 0 Å². The highest BCUT2D eigenvalue weighted by atomic mass is 79.9. The summed E-state index contributed by atoms with van der Waals surface area (Å²) in [4.78, 5) is 0. The molecule has 1 unspecified atom stereocenters. The van der Waals surface area contributed by atoms with Gasteiger partial charge in [0.2, 0.25) is 0 Å². The van der Waals surface area contributed by atoms with Crippen molar-refractivity contribution >= 4 is 15.9 Å². The van der Waals surface area contributed by atoms with E-state index in [0.717, 1.165) is 5.92 Å². The van der Waals surface area contributed by atoms with Crippen LogP contribution in [0.1, 0.15) is 43.7 Å². The lowest BCUT2D eigenvalue weighted by molar-refractivity contribution is 0.488. The van der Waals surface area contributed by atoms with Crippen LogP contribution in [-0.2, 0) is 12.8 Å². The van der Waals surface area contributed by atoms with Gasteiger partial charge in [-0.1, -0.05) is 84.6 Å². The second kappa shape index (κ2) is 9.04. The first kappa shape index (κ1) is 16.3. The molecule has 0 aliphatic carbocycles. The van der Waals surface area contributed by atoms with Gasteiger partial charge in [-0.15, -0.1) is 0 Å². The summed E-state index contributed by atoms with van der Waals surface area (Å²) < 4.78 is 1.17. The monoisotopic (exact) mass is 344 g/mol. The van der Waals surface area contributed by atoms with Crippen LogP contribution in [0, 0.1) is 5.92 Å². The number of halogens is 1. The lowest BCUT2D eigenvalue weighted by Crippen LogP contribution is -2.00. The maximum Gasteiger partial charge on any atom is 0.0175 e. The third kappa shape index (κ3) is 6.48. The topological polar surface area (TPSA) is 0 Å². The molecule has 0 bridgehead atoms. The van der Waals surface area contributed by atoms with E-state index >= 15 is 0 Å². The Morgan fingerprint density at radius 3 is 2.24 bits per heavy atom. The first-order valence-corrected chi connectivity index (χ1v) is 8.81. The Bertz CT molecular complexity index is 501. The molecule has 0 radical (unpaired) electrons. The second-order valence-electron chi connectivity index (χ2n) is 6.02. The number of unbranched alkanes of at least 4 members (excludes halogenated alkanes) is 2. The first-order valence-electron chi connectivity index (χ1n) is 8.02. The molecule has 1 atom stereocenters. The Balaban J connectivity index is 1.59. The Morgan fingerprint density at radius 1 is 0.810 bits per heavy atom. The molecule has 0 heterocycles. The van der Waals surface area contributed by atoms with Gasteiger partial charge in [-0.25, -0.2) is 0 Å².